The Hall–Kier alpha value is -1.56. The molecule has 0 saturated heterocycles. The minimum absolute atomic E-state index is 0.0689. The number of unbranched alkanes of at least 4 members (excludes halogenated alkanes) is 15. The van der Waals surface area contributed by atoms with Crippen molar-refractivity contribution >= 4 is 11.6 Å². The van der Waals surface area contributed by atoms with E-state index in [1.54, 1.807) is 0 Å². The van der Waals surface area contributed by atoms with Gasteiger partial charge in [-0.05, 0) is 44.9 Å². The van der Waals surface area contributed by atoms with E-state index < -0.39 is 29.9 Å². The monoisotopic (exact) mass is 562 g/mol. The lowest BCUT2D eigenvalue weighted by Crippen LogP contribution is -2.55. The van der Waals surface area contributed by atoms with Crippen LogP contribution in [0.3, 0.4) is 0 Å². The molecule has 232 valence electrons. The van der Waals surface area contributed by atoms with Crippen molar-refractivity contribution in [3.63, 3.8) is 0 Å². The van der Waals surface area contributed by atoms with E-state index in [1.807, 2.05) is 0 Å². The zero-order valence-electron chi connectivity index (χ0n) is 26.0. The Labute approximate surface area is 246 Å². The number of ketones is 2. The standard InChI is InChI=1S/C35H62O5/c1-3-5-7-9-11-13-15-16-17-18-20-21-23-25-27-29-32(37)34(39)35(40,31-36)33(38)30-28-26-24-22-19-14-12-10-8-6-4-2/h5,7,11,13,16-17,34,36,39-40H,3-4,6,8-10,12,14-15,18-31H2,1-2H3/b7-5-,13-11-,17-16-. The van der Waals surface area contributed by atoms with Gasteiger partial charge in [-0.3, -0.25) is 9.59 Å². The highest BCUT2D eigenvalue weighted by atomic mass is 16.4. The van der Waals surface area contributed by atoms with Crippen LogP contribution in [-0.4, -0.2) is 45.2 Å². The molecule has 0 aliphatic rings. The number of allylic oxidation sites excluding steroid dienone is 6. The van der Waals surface area contributed by atoms with Crippen LogP contribution in [0, 0.1) is 0 Å². The third-order valence-electron chi connectivity index (χ3n) is 7.56. The van der Waals surface area contributed by atoms with Gasteiger partial charge >= 0.3 is 0 Å². The Bertz CT molecular complexity index is 696. The minimum atomic E-state index is -2.39. The minimum Gasteiger partial charge on any atom is -0.393 e. The number of hydrogen-bond donors (Lipinski definition) is 3. The molecule has 5 heteroatoms. The second-order valence-corrected chi connectivity index (χ2v) is 11.3. The molecule has 0 spiro atoms. The molecule has 0 aliphatic heterocycles. The van der Waals surface area contributed by atoms with Gasteiger partial charge in [0.25, 0.3) is 0 Å². The van der Waals surface area contributed by atoms with Crippen molar-refractivity contribution < 1.29 is 24.9 Å². The molecule has 3 N–H and O–H groups in total. The summed E-state index contributed by atoms with van der Waals surface area (Å²) in [5.74, 6) is -1.20. The van der Waals surface area contributed by atoms with E-state index >= 15 is 0 Å². The largest absolute Gasteiger partial charge is 0.393 e. The van der Waals surface area contributed by atoms with Crippen molar-refractivity contribution in [1.82, 2.24) is 0 Å². The number of Topliss-reactive ketones (excluding diaryl/α,β-unsaturated/α-hetero) is 2. The van der Waals surface area contributed by atoms with Gasteiger partial charge in [-0.2, -0.15) is 0 Å². The average Bonchev–Trinajstić information content (AvgIpc) is 2.96. The summed E-state index contributed by atoms with van der Waals surface area (Å²) >= 11 is 0. The lowest BCUT2D eigenvalue weighted by Gasteiger charge is -2.29. The molecule has 0 heterocycles. The summed E-state index contributed by atoms with van der Waals surface area (Å²) in [6, 6.07) is 0. The molecule has 2 unspecified atom stereocenters. The Morgan fingerprint density at radius 1 is 0.625 bits per heavy atom. The third-order valence-corrected chi connectivity index (χ3v) is 7.56. The zero-order valence-corrected chi connectivity index (χ0v) is 26.0. The maximum atomic E-state index is 12.6. The van der Waals surface area contributed by atoms with Crippen LogP contribution in [0.2, 0.25) is 0 Å². The number of carbonyl (C=O) groups is 2. The predicted molar refractivity (Wildman–Crippen MR) is 168 cm³/mol. The smallest absolute Gasteiger partial charge is 0.178 e. The van der Waals surface area contributed by atoms with E-state index in [9.17, 15) is 24.9 Å². The van der Waals surface area contributed by atoms with Crippen molar-refractivity contribution in [3.05, 3.63) is 36.5 Å². The molecule has 0 rings (SSSR count). The van der Waals surface area contributed by atoms with Gasteiger partial charge in [-0.1, -0.05) is 134 Å². The van der Waals surface area contributed by atoms with E-state index in [0.717, 1.165) is 70.6 Å². The molecule has 2 atom stereocenters. The van der Waals surface area contributed by atoms with Crippen LogP contribution >= 0.6 is 0 Å². The zero-order chi connectivity index (χ0) is 29.7. The molecule has 5 nitrogen and oxygen atoms in total. The SMILES string of the molecule is CC/C=C\C/C=C\C/C=C\CCCCCCCC(=O)C(O)C(O)(CO)C(=O)CCCCCCCCCCCCC. The van der Waals surface area contributed by atoms with Crippen LogP contribution in [0.5, 0.6) is 0 Å². The summed E-state index contributed by atoms with van der Waals surface area (Å²) in [6.07, 6.45) is 32.8. The Morgan fingerprint density at radius 2 is 1.07 bits per heavy atom. The topological polar surface area (TPSA) is 94.8 Å². The molecule has 0 aliphatic carbocycles. The first-order chi connectivity index (χ1) is 19.4. The lowest BCUT2D eigenvalue weighted by molar-refractivity contribution is -0.165. The van der Waals surface area contributed by atoms with E-state index in [-0.39, 0.29) is 12.8 Å². The molecule has 0 aromatic carbocycles. The van der Waals surface area contributed by atoms with Gasteiger partial charge in [0.2, 0.25) is 0 Å². The highest BCUT2D eigenvalue weighted by Gasteiger charge is 2.45. The molecular formula is C35H62O5. The molecule has 0 bridgehead atoms. The predicted octanol–water partition coefficient (Wildman–Crippen LogP) is 8.50. The van der Waals surface area contributed by atoms with Crippen LogP contribution in [0.15, 0.2) is 36.5 Å². The van der Waals surface area contributed by atoms with Crippen LogP contribution in [0.4, 0.5) is 0 Å². The fraction of sp³-hybridized carbons (Fsp3) is 0.771. The first-order valence-corrected chi connectivity index (χ1v) is 16.5. The van der Waals surface area contributed by atoms with Crippen molar-refractivity contribution in [2.24, 2.45) is 0 Å². The summed E-state index contributed by atoms with van der Waals surface area (Å²) in [5.41, 5.74) is -2.39. The summed E-state index contributed by atoms with van der Waals surface area (Å²) in [5, 5.41) is 30.7. The quantitative estimate of drug-likeness (QED) is 0.0627. The highest BCUT2D eigenvalue weighted by Crippen LogP contribution is 2.20. The number of rotatable bonds is 29. The van der Waals surface area contributed by atoms with Gasteiger partial charge in [0.05, 0.1) is 6.61 Å². The Morgan fingerprint density at radius 3 is 1.60 bits per heavy atom. The fourth-order valence-corrected chi connectivity index (χ4v) is 4.81. The molecule has 0 aromatic rings. The summed E-state index contributed by atoms with van der Waals surface area (Å²) in [4.78, 5) is 25.0. The normalized spacial score (nSPS) is 14.4. The molecule has 40 heavy (non-hydrogen) atoms. The maximum absolute atomic E-state index is 12.6. The summed E-state index contributed by atoms with van der Waals surface area (Å²) in [7, 11) is 0. The number of hydrogen-bond acceptors (Lipinski definition) is 5. The van der Waals surface area contributed by atoms with Gasteiger partial charge in [-0.25, -0.2) is 0 Å². The lowest BCUT2D eigenvalue weighted by atomic mass is 9.85. The molecule has 0 fully saturated rings. The molecule has 0 amide bonds. The fourth-order valence-electron chi connectivity index (χ4n) is 4.81. The van der Waals surface area contributed by atoms with Crippen molar-refractivity contribution in [3.8, 4) is 0 Å². The van der Waals surface area contributed by atoms with E-state index in [1.165, 1.54) is 44.9 Å². The van der Waals surface area contributed by atoms with Gasteiger partial charge < -0.3 is 15.3 Å². The second-order valence-electron chi connectivity index (χ2n) is 11.3. The number of aliphatic hydroxyl groups is 3. The Balaban J connectivity index is 3.97. The van der Waals surface area contributed by atoms with Crippen molar-refractivity contribution in [2.75, 3.05) is 6.61 Å². The van der Waals surface area contributed by atoms with Crippen LogP contribution < -0.4 is 0 Å². The van der Waals surface area contributed by atoms with Gasteiger partial charge in [0.1, 0.15) is 0 Å². The average molecular weight is 563 g/mol. The maximum Gasteiger partial charge on any atom is 0.178 e. The Kier molecular flexibility index (Phi) is 26.5. The van der Waals surface area contributed by atoms with Crippen LogP contribution in [-0.2, 0) is 9.59 Å². The first-order valence-electron chi connectivity index (χ1n) is 16.5. The first kappa shape index (κ1) is 38.4. The molecule has 0 saturated carbocycles. The summed E-state index contributed by atoms with van der Waals surface area (Å²) < 4.78 is 0. The van der Waals surface area contributed by atoms with Gasteiger partial charge in [0, 0.05) is 12.8 Å². The number of aliphatic hydroxyl groups excluding tert-OH is 2. The third kappa shape index (κ3) is 20.3. The van der Waals surface area contributed by atoms with E-state index in [4.69, 9.17) is 0 Å². The second kappa shape index (κ2) is 27.6. The molecule has 0 radical (unpaired) electrons. The van der Waals surface area contributed by atoms with Crippen LogP contribution in [0.25, 0.3) is 0 Å². The van der Waals surface area contributed by atoms with Crippen LogP contribution in [0.1, 0.15) is 155 Å². The van der Waals surface area contributed by atoms with E-state index in [0.29, 0.717) is 12.8 Å². The van der Waals surface area contributed by atoms with E-state index in [2.05, 4.69) is 50.3 Å². The van der Waals surface area contributed by atoms with Crippen molar-refractivity contribution in [1.29, 1.82) is 0 Å². The highest BCUT2D eigenvalue weighted by molar-refractivity contribution is 5.96. The van der Waals surface area contributed by atoms with Crippen molar-refractivity contribution in [2.45, 2.75) is 167 Å². The number of carbonyl (C=O) groups excluding carboxylic acids is 2. The van der Waals surface area contributed by atoms with Gasteiger partial charge in [0.15, 0.2) is 23.3 Å². The molecule has 0 aromatic heterocycles. The molecular weight excluding hydrogens is 500 g/mol. The summed E-state index contributed by atoms with van der Waals surface area (Å²) in [6.45, 7) is 3.43. The van der Waals surface area contributed by atoms with Gasteiger partial charge in [-0.15, -0.1) is 0 Å².